The fraction of sp³-hybridized carbons (Fsp3) is 0.769. The number of carboxylic acid groups (broad SMARTS) is 1. The Kier molecular flexibility index (Phi) is 3.07. The molecule has 0 radical (unpaired) electrons. The van der Waals surface area contributed by atoms with Crippen LogP contribution in [0.4, 0.5) is 4.79 Å². The molecule has 0 aromatic rings. The fourth-order valence-electron chi connectivity index (χ4n) is 3.78. The molecule has 1 heterocycles. The molecule has 0 bridgehead atoms. The van der Waals surface area contributed by atoms with Gasteiger partial charge < -0.3 is 15.2 Å². The second-order valence-electron chi connectivity index (χ2n) is 6.63. The summed E-state index contributed by atoms with van der Waals surface area (Å²) in [6.45, 7) is 5.49. The summed E-state index contributed by atoms with van der Waals surface area (Å²) in [6.07, 6.45) is 2.08. The molecule has 0 unspecified atom stereocenters. The van der Waals surface area contributed by atoms with Crippen molar-refractivity contribution in [1.29, 1.82) is 0 Å². The molecular weight excluding hydrogens is 248 g/mol. The molecule has 6 heteroatoms. The quantitative estimate of drug-likeness (QED) is 0.706. The molecule has 3 amide bonds. The zero-order valence-electron chi connectivity index (χ0n) is 11.5. The van der Waals surface area contributed by atoms with E-state index >= 15 is 0 Å². The van der Waals surface area contributed by atoms with Gasteiger partial charge in [-0.2, -0.15) is 0 Å². The third kappa shape index (κ3) is 2.43. The van der Waals surface area contributed by atoms with Gasteiger partial charge in [0.2, 0.25) is 0 Å². The Hall–Kier alpha value is -1.59. The highest BCUT2D eigenvalue weighted by molar-refractivity contribution is 6.08. The van der Waals surface area contributed by atoms with E-state index in [-0.39, 0.29) is 5.41 Å². The zero-order valence-corrected chi connectivity index (χ0v) is 11.5. The average molecular weight is 267 g/mol. The van der Waals surface area contributed by atoms with E-state index in [1.165, 1.54) is 0 Å². The number of hydrogen-bond acceptors (Lipinski definition) is 4. The number of imide groups is 1. The van der Waals surface area contributed by atoms with Crippen LogP contribution in [0.1, 0.15) is 40.0 Å². The minimum Gasteiger partial charge on any atom is -0.548 e. The maximum Gasteiger partial charge on any atom is 0.325 e. The summed E-state index contributed by atoms with van der Waals surface area (Å²) < 4.78 is 0. The van der Waals surface area contributed by atoms with Gasteiger partial charge in [0.25, 0.3) is 5.91 Å². The van der Waals surface area contributed by atoms with Gasteiger partial charge in [-0.15, -0.1) is 0 Å². The third-order valence-corrected chi connectivity index (χ3v) is 3.91. The van der Waals surface area contributed by atoms with Gasteiger partial charge in [0.15, 0.2) is 0 Å². The van der Waals surface area contributed by atoms with E-state index in [1.54, 1.807) is 0 Å². The van der Waals surface area contributed by atoms with Crippen LogP contribution in [0, 0.1) is 11.3 Å². The van der Waals surface area contributed by atoms with Crippen LogP contribution in [0.5, 0.6) is 0 Å². The number of nitrogens with one attached hydrogen (secondary N) is 1. The molecule has 0 aromatic carbocycles. The SMILES string of the molecule is C[C@@H]1CC(C)(C)C[C@]2(C1)NC(=O)N(CC(=O)[O-])C2=O. The van der Waals surface area contributed by atoms with Crippen LogP contribution in [-0.4, -0.2) is 34.9 Å². The van der Waals surface area contributed by atoms with E-state index in [0.29, 0.717) is 18.8 Å². The molecule has 1 N–H and O–H groups in total. The summed E-state index contributed by atoms with van der Waals surface area (Å²) in [5.74, 6) is -1.55. The molecule has 2 atom stereocenters. The number of urea groups is 1. The van der Waals surface area contributed by atoms with Gasteiger partial charge in [0.05, 0.1) is 12.5 Å². The number of carbonyl (C=O) groups is 3. The first-order valence-electron chi connectivity index (χ1n) is 6.49. The zero-order chi connectivity index (χ0) is 14.4. The van der Waals surface area contributed by atoms with E-state index in [2.05, 4.69) is 19.2 Å². The molecule has 2 aliphatic rings. The number of aliphatic carboxylic acids is 1. The number of nitrogens with zero attached hydrogens (tertiary/aromatic N) is 1. The number of rotatable bonds is 2. The molecule has 6 nitrogen and oxygen atoms in total. The molecule has 1 aliphatic carbocycles. The Bertz CT molecular complexity index is 446. The molecule has 1 saturated carbocycles. The van der Waals surface area contributed by atoms with Crippen molar-refractivity contribution in [3.8, 4) is 0 Å². The van der Waals surface area contributed by atoms with Gasteiger partial charge in [0.1, 0.15) is 5.54 Å². The summed E-state index contributed by atoms with van der Waals surface area (Å²) in [5, 5.41) is 13.3. The van der Waals surface area contributed by atoms with Gasteiger partial charge in [0, 0.05) is 0 Å². The van der Waals surface area contributed by atoms with Crippen molar-refractivity contribution < 1.29 is 19.5 Å². The van der Waals surface area contributed by atoms with Gasteiger partial charge in [-0.25, -0.2) is 4.79 Å². The molecule has 2 rings (SSSR count). The Morgan fingerprint density at radius 2 is 2.05 bits per heavy atom. The smallest absolute Gasteiger partial charge is 0.325 e. The Labute approximate surface area is 112 Å². The van der Waals surface area contributed by atoms with E-state index in [9.17, 15) is 19.5 Å². The van der Waals surface area contributed by atoms with Gasteiger partial charge in [-0.1, -0.05) is 20.8 Å². The summed E-state index contributed by atoms with van der Waals surface area (Å²) in [7, 11) is 0. The Morgan fingerprint density at radius 3 is 2.58 bits per heavy atom. The van der Waals surface area contributed by atoms with Crippen LogP contribution in [0.2, 0.25) is 0 Å². The number of amides is 3. The highest BCUT2D eigenvalue weighted by Crippen LogP contribution is 2.46. The van der Waals surface area contributed by atoms with E-state index < -0.39 is 30.0 Å². The summed E-state index contributed by atoms with van der Waals surface area (Å²) in [4.78, 5) is 35.6. The third-order valence-electron chi connectivity index (χ3n) is 3.91. The lowest BCUT2D eigenvalue weighted by molar-refractivity contribution is -0.305. The van der Waals surface area contributed by atoms with E-state index in [1.807, 2.05) is 6.92 Å². The lowest BCUT2D eigenvalue weighted by Gasteiger charge is -2.43. The highest BCUT2D eigenvalue weighted by Gasteiger charge is 2.55. The van der Waals surface area contributed by atoms with Crippen LogP contribution in [0.15, 0.2) is 0 Å². The first-order chi connectivity index (χ1) is 8.65. The van der Waals surface area contributed by atoms with Crippen molar-refractivity contribution in [2.45, 2.75) is 45.6 Å². The molecule has 2 fully saturated rings. The predicted octanol–water partition coefficient (Wildman–Crippen LogP) is -0.127. The van der Waals surface area contributed by atoms with Crippen molar-refractivity contribution in [3.63, 3.8) is 0 Å². The predicted molar refractivity (Wildman–Crippen MR) is 64.8 cm³/mol. The lowest BCUT2D eigenvalue weighted by Crippen LogP contribution is -2.54. The minimum atomic E-state index is -1.43. The maximum atomic E-state index is 12.4. The van der Waals surface area contributed by atoms with Crippen molar-refractivity contribution in [3.05, 3.63) is 0 Å². The van der Waals surface area contributed by atoms with Crippen LogP contribution in [-0.2, 0) is 9.59 Å². The number of carboxylic acids is 1. The highest BCUT2D eigenvalue weighted by atomic mass is 16.4. The van der Waals surface area contributed by atoms with E-state index in [0.717, 1.165) is 11.3 Å². The van der Waals surface area contributed by atoms with E-state index in [4.69, 9.17) is 0 Å². The molecule has 1 saturated heterocycles. The van der Waals surface area contributed by atoms with Crippen LogP contribution in [0.3, 0.4) is 0 Å². The number of carbonyl (C=O) groups excluding carboxylic acids is 3. The first kappa shape index (κ1) is 13.8. The first-order valence-corrected chi connectivity index (χ1v) is 6.49. The average Bonchev–Trinajstić information content (AvgIpc) is 2.38. The second kappa shape index (κ2) is 4.21. The van der Waals surface area contributed by atoms with Crippen molar-refractivity contribution >= 4 is 17.9 Å². The fourth-order valence-corrected chi connectivity index (χ4v) is 3.78. The lowest BCUT2D eigenvalue weighted by atomic mass is 9.64. The summed E-state index contributed by atoms with van der Waals surface area (Å²) >= 11 is 0. The van der Waals surface area contributed by atoms with Crippen molar-refractivity contribution in [2.24, 2.45) is 11.3 Å². The Morgan fingerprint density at radius 1 is 1.42 bits per heavy atom. The van der Waals surface area contributed by atoms with Gasteiger partial charge >= 0.3 is 6.03 Å². The maximum absolute atomic E-state index is 12.4. The van der Waals surface area contributed by atoms with Gasteiger partial charge in [-0.05, 0) is 30.6 Å². The molecule has 19 heavy (non-hydrogen) atoms. The van der Waals surface area contributed by atoms with Crippen LogP contribution in [0.25, 0.3) is 0 Å². The minimum absolute atomic E-state index is 0.0575. The summed E-state index contributed by atoms with van der Waals surface area (Å²) in [6, 6.07) is -0.626. The van der Waals surface area contributed by atoms with Crippen molar-refractivity contribution in [2.75, 3.05) is 6.54 Å². The second-order valence-corrected chi connectivity index (χ2v) is 6.63. The van der Waals surface area contributed by atoms with Crippen LogP contribution >= 0.6 is 0 Å². The molecule has 106 valence electrons. The normalized spacial score (nSPS) is 33.6. The molecule has 1 aliphatic heterocycles. The topological polar surface area (TPSA) is 89.5 Å². The van der Waals surface area contributed by atoms with Crippen LogP contribution < -0.4 is 10.4 Å². The summed E-state index contributed by atoms with van der Waals surface area (Å²) in [5.41, 5.74) is -0.994. The largest absolute Gasteiger partial charge is 0.548 e. The monoisotopic (exact) mass is 267 g/mol. The molecule has 1 spiro atoms. The van der Waals surface area contributed by atoms with Crippen molar-refractivity contribution in [1.82, 2.24) is 10.2 Å². The van der Waals surface area contributed by atoms with Gasteiger partial charge in [-0.3, -0.25) is 9.69 Å². The number of hydrogen-bond donors (Lipinski definition) is 1. The molecular formula is C13H19N2O4-. The molecule has 0 aromatic heterocycles. The Balaban J connectivity index is 2.28. The standard InChI is InChI=1S/C13H20N2O4/c1-8-4-12(2,3)7-13(5-8)10(18)15(6-9(16)17)11(19)14-13/h8H,4-7H2,1-3H3,(H,14,19)(H,16,17)/p-1/t8-,13+/m1/s1.